The van der Waals surface area contributed by atoms with Crippen LogP contribution in [-0.2, 0) is 5.41 Å². The summed E-state index contributed by atoms with van der Waals surface area (Å²) in [5.41, 5.74) is 1.42. The predicted octanol–water partition coefficient (Wildman–Crippen LogP) is 2.62. The first-order valence-electron chi connectivity index (χ1n) is 8.84. The molecule has 0 amide bonds. The minimum absolute atomic E-state index is 0.0778. The quantitative estimate of drug-likeness (QED) is 0.461. The van der Waals surface area contributed by atoms with Crippen molar-refractivity contribution in [2.75, 3.05) is 39.8 Å². The van der Waals surface area contributed by atoms with Crippen LogP contribution in [0.15, 0.2) is 35.3 Å². The molecule has 0 saturated carbocycles. The van der Waals surface area contributed by atoms with Crippen molar-refractivity contribution in [3.8, 4) is 0 Å². The molecule has 1 aromatic carbocycles. The summed E-state index contributed by atoms with van der Waals surface area (Å²) in [6, 6.07) is 10.6. The van der Waals surface area contributed by atoms with Gasteiger partial charge in [-0.05, 0) is 44.5 Å². The lowest BCUT2D eigenvalue weighted by Gasteiger charge is -2.26. The Morgan fingerprint density at radius 3 is 2.48 bits per heavy atom. The third-order valence-corrected chi connectivity index (χ3v) is 4.62. The van der Waals surface area contributed by atoms with Crippen molar-refractivity contribution < 1.29 is 0 Å². The SMILES string of the molecule is CN=C(NCCCN1CCCC1)NCC(C)(C)c1ccccc1. The summed E-state index contributed by atoms with van der Waals surface area (Å²) < 4.78 is 0. The van der Waals surface area contributed by atoms with Gasteiger partial charge in [0.05, 0.1) is 0 Å². The fourth-order valence-corrected chi connectivity index (χ4v) is 3.03. The Labute approximate surface area is 141 Å². The molecule has 2 N–H and O–H groups in total. The molecule has 0 atom stereocenters. The summed E-state index contributed by atoms with van der Waals surface area (Å²) in [6.07, 6.45) is 3.90. The van der Waals surface area contributed by atoms with Crippen molar-refractivity contribution in [1.29, 1.82) is 0 Å². The molecule has 1 aliphatic rings. The summed E-state index contributed by atoms with van der Waals surface area (Å²) in [5, 5.41) is 6.89. The van der Waals surface area contributed by atoms with Gasteiger partial charge in [-0.1, -0.05) is 44.2 Å². The zero-order valence-corrected chi connectivity index (χ0v) is 14.9. The van der Waals surface area contributed by atoms with Gasteiger partial charge in [0.15, 0.2) is 5.96 Å². The molecule has 0 aliphatic carbocycles. The van der Waals surface area contributed by atoms with E-state index in [1.807, 2.05) is 7.05 Å². The fraction of sp³-hybridized carbons (Fsp3) is 0.632. The summed E-state index contributed by atoms with van der Waals surface area (Å²) in [6.45, 7) is 10.1. The minimum Gasteiger partial charge on any atom is -0.356 e. The van der Waals surface area contributed by atoms with Crippen molar-refractivity contribution in [3.05, 3.63) is 35.9 Å². The van der Waals surface area contributed by atoms with Gasteiger partial charge in [-0.2, -0.15) is 0 Å². The summed E-state index contributed by atoms with van der Waals surface area (Å²) in [5.74, 6) is 0.899. The maximum Gasteiger partial charge on any atom is 0.191 e. The van der Waals surface area contributed by atoms with Crippen molar-refractivity contribution in [3.63, 3.8) is 0 Å². The van der Waals surface area contributed by atoms with Gasteiger partial charge in [-0.3, -0.25) is 4.99 Å². The lowest BCUT2D eigenvalue weighted by atomic mass is 9.85. The van der Waals surface area contributed by atoms with Crippen LogP contribution in [0, 0.1) is 0 Å². The van der Waals surface area contributed by atoms with Crippen LogP contribution in [0.5, 0.6) is 0 Å². The van der Waals surface area contributed by atoms with E-state index < -0.39 is 0 Å². The largest absolute Gasteiger partial charge is 0.356 e. The molecule has 1 saturated heterocycles. The molecule has 1 aromatic rings. The molecular formula is C19H32N4. The number of nitrogens with one attached hydrogen (secondary N) is 2. The molecule has 23 heavy (non-hydrogen) atoms. The van der Waals surface area contributed by atoms with Gasteiger partial charge < -0.3 is 15.5 Å². The van der Waals surface area contributed by atoms with E-state index in [0.29, 0.717) is 0 Å². The second-order valence-electron chi connectivity index (χ2n) is 7.00. The third kappa shape index (κ3) is 5.87. The van der Waals surface area contributed by atoms with Gasteiger partial charge in [0.25, 0.3) is 0 Å². The molecule has 0 bridgehead atoms. The highest BCUT2D eigenvalue weighted by Gasteiger charge is 2.20. The summed E-state index contributed by atoms with van der Waals surface area (Å²) in [4.78, 5) is 6.89. The average molecular weight is 316 g/mol. The summed E-state index contributed by atoms with van der Waals surface area (Å²) in [7, 11) is 1.84. The first-order chi connectivity index (χ1) is 11.1. The Bertz CT molecular complexity index is 475. The van der Waals surface area contributed by atoms with Crippen molar-refractivity contribution in [2.24, 2.45) is 4.99 Å². The number of nitrogens with zero attached hydrogens (tertiary/aromatic N) is 2. The highest BCUT2D eigenvalue weighted by Crippen LogP contribution is 2.21. The minimum atomic E-state index is 0.0778. The van der Waals surface area contributed by atoms with Gasteiger partial charge >= 0.3 is 0 Å². The van der Waals surface area contributed by atoms with Crippen LogP contribution in [0.2, 0.25) is 0 Å². The monoisotopic (exact) mass is 316 g/mol. The number of guanidine groups is 1. The van der Waals surface area contributed by atoms with Crippen LogP contribution >= 0.6 is 0 Å². The van der Waals surface area contributed by atoms with E-state index in [4.69, 9.17) is 0 Å². The number of benzene rings is 1. The zero-order chi connectivity index (χ0) is 16.5. The Morgan fingerprint density at radius 2 is 1.83 bits per heavy atom. The van der Waals surface area contributed by atoms with Crippen LogP contribution < -0.4 is 10.6 Å². The molecular weight excluding hydrogens is 284 g/mol. The van der Waals surface area contributed by atoms with E-state index in [9.17, 15) is 0 Å². The molecule has 0 unspecified atom stereocenters. The van der Waals surface area contributed by atoms with E-state index in [0.717, 1.165) is 19.0 Å². The van der Waals surface area contributed by atoms with Crippen LogP contribution in [0.25, 0.3) is 0 Å². The van der Waals surface area contributed by atoms with Crippen molar-refractivity contribution in [1.82, 2.24) is 15.5 Å². The lowest BCUT2D eigenvalue weighted by molar-refractivity contribution is 0.334. The number of hydrogen-bond donors (Lipinski definition) is 2. The Morgan fingerprint density at radius 1 is 1.13 bits per heavy atom. The van der Waals surface area contributed by atoms with Crippen LogP contribution in [0.1, 0.15) is 38.7 Å². The topological polar surface area (TPSA) is 39.7 Å². The Hall–Kier alpha value is -1.55. The lowest BCUT2D eigenvalue weighted by Crippen LogP contribution is -2.44. The standard InChI is InChI=1S/C19H32N4/c1-19(2,17-10-5-4-6-11-17)16-22-18(20-3)21-12-9-15-23-13-7-8-14-23/h4-6,10-11H,7-9,12-16H2,1-3H3,(H2,20,21,22). The van der Waals surface area contributed by atoms with E-state index in [-0.39, 0.29) is 5.41 Å². The first kappa shape index (κ1) is 17.8. The number of hydrogen-bond acceptors (Lipinski definition) is 2. The maximum atomic E-state index is 4.33. The van der Waals surface area contributed by atoms with Crippen LogP contribution in [0.4, 0.5) is 0 Å². The molecule has 4 heteroatoms. The first-order valence-corrected chi connectivity index (χ1v) is 8.84. The normalized spacial score (nSPS) is 16.6. The fourth-order valence-electron chi connectivity index (χ4n) is 3.03. The van der Waals surface area contributed by atoms with Crippen molar-refractivity contribution >= 4 is 5.96 Å². The molecule has 0 radical (unpaired) electrons. The van der Waals surface area contributed by atoms with Crippen LogP contribution in [0.3, 0.4) is 0 Å². The molecule has 0 spiro atoms. The van der Waals surface area contributed by atoms with Crippen LogP contribution in [-0.4, -0.2) is 50.6 Å². The van der Waals surface area contributed by atoms with Crippen molar-refractivity contribution in [2.45, 2.75) is 38.5 Å². The van der Waals surface area contributed by atoms with E-state index in [1.165, 1.54) is 44.5 Å². The smallest absolute Gasteiger partial charge is 0.191 e. The average Bonchev–Trinajstić information content (AvgIpc) is 3.08. The molecule has 2 rings (SSSR count). The Balaban J connectivity index is 1.70. The predicted molar refractivity (Wildman–Crippen MR) is 99.1 cm³/mol. The van der Waals surface area contributed by atoms with E-state index in [1.54, 1.807) is 0 Å². The van der Waals surface area contributed by atoms with Gasteiger partial charge in [-0.15, -0.1) is 0 Å². The Kier molecular flexibility index (Phi) is 6.90. The molecule has 0 aromatic heterocycles. The molecule has 1 aliphatic heterocycles. The van der Waals surface area contributed by atoms with E-state index >= 15 is 0 Å². The molecule has 4 nitrogen and oxygen atoms in total. The number of aliphatic imine (C=N–C) groups is 1. The highest BCUT2D eigenvalue weighted by atomic mass is 15.2. The second-order valence-corrected chi connectivity index (χ2v) is 7.00. The van der Waals surface area contributed by atoms with Gasteiger partial charge in [0, 0.05) is 25.6 Å². The third-order valence-electron chi connectivity index (χ3n) is 4.62. The number of rotatable bonds is 7. The van der Waals surface area contributed by atoms with E-state index in [2.05, 4.69) is 64.7 Å². The number of likely N-dealkylation sites (tertiary alicyclic amines) is 1. The second kappa shape index (κ2) is 8.92. The molecule has 128 valence electrons. The molecule has 1 fully saturated rings. The van der Waals surface area contributed by atoms with Gasteiger partial charge in [0.2, 0.25) is 0 Å². The molecule has 1 heterocycles. The zero-order valence-electron chi connectivity index (χ0n) is 14.9. The van der Waals surface area contributed by atoms with Gasteiger partial charge in [0.1, 0.15) is 0 Å². The van der Waals surface area contributed by atoms with Gasteiger partial charge in [-0.25, -0.2) is 0 Å². The summed E-state index contributed by atoms with van der Waals surface area (Å²) >= 11 is 0. The maximum absolute atomic E-state index is 4.33. The highest BCUT2D eigenvalue weighted by molar-refractivity contribution is 5.79.